The van der Waals surface area contributed by atoms with E-state index in [-0.39, 0.29) is 5.75 Å². The van der Waals surface area contributed by atoms with E-state index >= 15 is 0 Å². The Bertz CT molecular complexity index is 598. The second-order valence-corrected chi connectivity index (χ2v) is 4.46. The molecule has 0 saturated heterocycles. The summed E-state index contributed by atoms with van der Waals surface area (Å²) in [5, 5.41) is 1.36. The Morgan fingerprint density at radius 3 is 2.67 bits per heavy atom. The Labute approximate surface area is 111 Å². The molecule has 0 unspecified atom stereocenters. The minimum atomic E-state index is -0.404. The van der Waals surface area contributed by atoms with E-state index in [2.05, 4.69) is 4.98 Å². The van der Waals surface area contributed by atoms with Gasteiger partial charge < -0.3 is 4.74 Å². The van der Waals surface area contributed by atoms with Gasteiger partial charge in [-0.3, -0.25) is 4.98 Å². The molecule has 2 aromatic rings. The number of hydrogen-bond acceptors (Lipinski definition) is 2. The van der Waals surface area contributed by atoms with E-state index in [9.17, 15) is 4.39 Å². The van der Waals surface area contributed by atoms with Gasteiger partial charge in [-0.25, -0.2) is 4.39 Å². The molecule has 0 aliphatic heterocycles. The van der Waals surface area contributed by atoms with Crippen LogP contribution in [0.2, 0.25) is 5.02 Å². The van der Waals surface area contributed by atoms with Crippen molar-refractivity contribution in [3.05, 3.63) is 34.2 Å². The Morgan fingerprint density at radius 1 is 1.33 bits per heavy atom. The van der Waals surface area contributed by atoms with Gasteiger partial charge in [0.15, 0.2) is 11.6 Å². The highest BCUT2D eigenvalue weighted by Gasteiger charge is 2.13. The van der Waals surface area contributed by atoms with E-state index in [1.165, 1.54) is 6.07 Å². The van der Waals surface area contributed by atoms with E-state index in [0.29, 0.717) is 17.1 Å². The van der Waals surface area contributed by atoms with Gasteiger partial charge in [0.05, 0.1) is 17.1 Å². The van der Waals surface area contributed by atoms with Crippen LogP contribution in [-0.4, -0.2) is 11.6 Å². The summed E-state index contributed by atoms with van der Waals surface area (Å²) < 4.78 is 19.0. The first-order valence-electron chi connectivity index (χ1n) is 5.99. The van der Waals surface area contributed by atoms with Crippen LogP contribution in [0.3, 0.4) is 0 Å². The van der Waals surface area contributed by atoms with Gasteiger partial charge in [0.1, 0.15) is 0 Å². The highest BCUT2D eigenvalue weighted by molar-refractivity contribution is 6.36. The molecule has 96 valence electrons. The summed E-state index contributed by atoms with van der Waals surface area (Å²) in [7, 11) is 0. The molecular formula is C14H15ClFNO. The number of hydrogen-bond donors (Lipinski definition) is 0. The van der Waals surface area contributed by atoms with Crippen LogP contribution < -0.4 is 4.74 Å². The third kappa shape index (κ3) is 2.15. The van der Waals surface area contributed by atoms with Gasteiger partial charge in [-0.2, -0.15) is 0 Å². The smallest absolute Gasteiger partial charge is 0.167 e. The maximum absolute atomic E-state index is 13.8. The number of aromatic nitrogens is 1. The maximum Gasteiger partial charge on any atom is 0.167 e. The summed E-state index contributed by atoms with van der Waals surface area (Å²) in [5.74, 6) is -0.184. The molecule has 0 saturated carbocycles. The van der Waals surface area contributed by atoms with Crippen LogP contribution in [0.1, 0.15) is 25.1 Å². The van der Waals surface area contributed by atoms with Crippen molar-refractivity contribution in [2.75, 3.05) is 6.61 Å². The van der Waals surface area contributed by atoms with Crippen LogP contribution >= 0.6 is 11.6 Å². The number of fused-ring (bicyclic) bond motifs is 1. The average Bonchev–Trinajstić information content (AvgIpc) is 2.36. The van der Waals surface area contributed by atoms with Crippen molar-refractivity contribution in [1.29, 1.82) is 0 Å². The van der Waals surface area contributed by atoms with E-state index in [4.69, 9.17) is 16.3 Å². The van der Waals surface area contributed by atoms with Crippen LogP contribution in [0, 0.1) is 12.7 Å². The minimum absolute atomic E-state index is 0.220. The van der Waals surface area contributed by atoms with E-state index in [1.54, 1.807) is 6.07 Å². The molecule has 4 heteroatoms. The molecule has 0 atom stereocenters. The SMILES string of the molecule is CCOc1cc2c(Cl)c(C)c(CC)nc2cc1F. The van der Waals surface area contributed by atoms with Crippen molar-refractivity contribution in [1.82, 2.24) is 4.98 Å². The molecule has 0 fully saturated rings. The summed E-state index contributed by atoms with van der Waals surface area (Å²) in [4.78, 5) is 4.44. The van der Waals surface area contributed by atoms with Crippen LogP contribution in [0.4, 0.5) is 4.39 Å². The minimum Gasteiger partial charge on any atom is -0.491 e. The Hall–Kier alpha value is -1.35. The first kappa shape index (κ1) is 13.1. The van der Waals surface area contributed by atoms with Crippen molar-refractivity contribution < 1.29 is 9.13 Å². The average molecular weight is 268 g/mol. The Kier molecular flexibility index (Phi) is 3.71. The number of halogens is 2. The number of benzene rings is 1. The fourth-order valence-electron chi connectivity index (χ4n) is 1.98. The predicted octanol–water partition coefficient (Wildman–Crippen LogP) is 4.30. The normalized spacial score (nSPS) is 10.9. The van der Waals surface area contributed by atoms with Crippen LogP contribution in [0.15, 0.2) is 12.1 Å². The Morgan fingerprint density at radius 2 is 2.06 bits per heavy atom. The van der Waals surface area contributed by atoms with Crippen molar-refractivity contribution in [2.24, 2.45) is 0 Å². The number of pyridine rings is 1. The number of rotatable bonds is 3. The molecule has 0 aliphatic rings. The van der Waals surface area contributed by atoms with Gasteiger partial charge >= 0.3 is 0 Å². The monoisotopic (exact) mass is 267 g/mol. The zero-order chi connectivity index (χ0) is 13.3. The molecule has 18 heavy (non-hydrogen) atoms. The molecule has 0 spiro atoms. The third-order valence-electron chi connectivity index (χ3n) is 2.94. The highest BCUT2D eigenvalue weighted by Crippen LogP contribution is 2.32. The molecule has 2 nitrogen and oxygen atoms in total. The fourth-order valence-corrected chi connectivity index (χ4v) is 2.24. The lowest BCUT2D eigenvalue weighted by Crippen LogP contribution is -1.98. The molecule has 0 radical (unpaired) electrons. The zero-order valence-electron chi connectivity index (χ0n) is 10.7. The molecule has 0 aliphatic carbocycles. The van der Waals surface area contributed by atoms with Crippen LogP contribution in [0.25, 0.3) is 10.9 Å². The van der Waals surface area contributed by atoms with E-state index in [1.807, 2.05) is 20.8 Å². The van der Waals surface area contributed by atoms with Gasteiger partial charge in [0, 0.05) is 17.1 Å². The topological polar surface area (TPSA) is 22.1 Å². The molecule has 1 heterocycles. The fraction of sp³-hybridized carbons (Fsp3) is 0.357. The summed E-state index contributed by atoms with van der Waals surface area (Å²) >= 11 is 6.32. The molecular weight excluding hydrogens is 253 g/mol. The largest absolute Gasteiger partial charge is 0.491 e. The lowest BCUT2D eigenvalue weighted by atomic mass is 10.1. The second kappa shape index (κ2) is 5.11. The van der Waals surface area contributed by atoms with Crippen molar-refractivity contribution >= 4 is 22.5 Å². The van der Waals surface area contributed by atoms with Crippen molar-refractivity contribution in [3.63, 3.8) is 0 Å². The second-order valence-electron chi connectivity index (χ2n) is 4.08. The highest BCUT2D eigenvalue weighted by atomic mass is 35.5. The lowest BCUT2D eigenvalue weighted by molar-refractivity contribution is 0.322. The summed E-state index contributed by atoms with van der Waals surface area (Å²) in [6.45, 7) is 6.16. The van der Waals surface area contributed by atoms with Crippen LogP contribution in [-0.2, 0) is 6.42 Å². The zero-order valence-corrected chi connectivity index (χ0v) is 11.4. The Balaban J connectivity index is 2.73. The molecule has 2 rings (SSSR count). The van der Waals surface area contributed by atoms with Gasteiger partial charge in [-0.15, -0.1) is 0 Å². The summed E-state index contributed by atoms with van der Waals surface area (Å²) in [5.41, 5.74) is 2.42. The first-order valence-corrected chi connectivity index (χ1v) is 6.37. The first-order chi connectivity index (χ1) is 8.58. The predicted molar refractivity (Wildman–Crippen MR) is 72.0 cm³/mol. The quantitative estimate of drug-likeness (QED) is 0.827. The van der Waals surface area contributed by atoms with Gasteiger partial charge in [-0.1, -0.05) is 18.5 Å². The maximum atomic E-state index is 13.8. The molecule has 0 amide bonds. The standard InChI is InChI=1S/C14H15ClFNO/c1-4-11-8(3)14(15)9-6-13(18-5-2)10(16)7-12(9)17-11/h6-7H,4-5H2,1-3H3. The molecule has 0 N–H and O–H groups in total. The lowest BCUT2D eigenvalue weighted by Gasteiger charge is -2.11. The van der Waals surface area contributed by atoms with Crippen molar-refractivity contribution in [2.45, 2.75) is 27.2 Å². The number of nitrogens with zero attached hydrogens (tertiary/aromatic N) is 1. The molecule has 1 aromatic carbocycles. The van der Waals surface area contributed by atoms with Crippen molar-refractivity contribution in [3.8, 4) is 5.75 Å². The van der Waals surface area contributed by atoms with Crippen LogP contribution in [0.5, 0.6) is 5.75 Å². The third-order valence-corrected chi connectivity index (χ3v) is 3.43. The molecule has 1 aromatic heterocycles. The summed E-state index contributed by atoms with van der Waals surface area (Å²) in [6.07, 6.45) is 0.774. The van der Waals surface area contributed by atoms with E-state index < -0.39 is 5.82 Å². The number of ether oxygens (including phenoxy) is 1. The number of aryl methyl sites for hydroxylation is 1. The van der Waals surface area contributed by atoms with Gasteiger partial charge in [-0.05, 0) is 31.9 Å². The molecule has 0 bridgehead atoms. The van der Waals surface area contributed by atoms with Gasteiger partial charge in [0.2, 0.25) is 0 Å². The van der Waals surface area contributed by atoms with Gasteiger partial charge in [0.25, 0.3) is 0 Å². The summed E-state index contributed by atoms with van der Waals surface area (Å²) in [6, 6.07) is 3.00. The van der Waals surface area contributed by atoms with E-state index in [0.717, 1.165) is 23.1 Å².